The van der Waals surface area contributed by atoms with Gasteiger partial charge in [0.2, 0.25) is 5.75 Å². The maximum absolute atomic E-state index is 11.6. The Labute approximate surface area is 88.9 Å². The molecule has 0 atom stereocenters. The maximum atomic E-state index is 11.6. The molecular weight excluding hydrogens is 192 g/mol. The van der Waals surface area contributed by atoms with E-state index in [1.807, 2.05) is 6.92 Å². The highest BCUT2D eigenvalue weighted by Crippen LogP contribution is 2.08. The third kappa shape index (κ3) is 2.59. The van der Waals surface area contributed by atoms with Crippen LogP contribution in [-0.2, 0) is 7.05 Å². The van der Waals surface area contributed by atoms with E-state index in [-0.39, 0.29) is 11.3 Å². The summed E-state index contributed by atoms with van der Waals surface area (Å²) in [7, 11) is 3.04. The monoisotopic (exact) mass is 206 g/mol. The Morgan fingerprint density at radius 1 is 1.60 bits per heavy atom. The molecule has 0 saturated carbocycles. The molecule has 1 aromatic rings. The number of aromatic nitrogens is 2. The van der Waals surface area contributed by atoms with Crippen LogP contribution in [0.1, 0.15) is 25.3 Å². The van der Waals surface area contributed by atoms with E-state index >= 15 is 0 Å². The number of ether oxygens (including phenoxy) is 1. The molecule has 0 bridgehead atoms. The highest BCUT2D eigenvalue weighted by molar-refractivity contribution is 5.42. The van der Waals surface area contributed by atoms with Crippen LogP contribution in [0.5, 0.6) is 5.75 Å². The molecule has 0 spiro atoms. The lowest BCUT2D eigenvalue weighted by molar-refractivity contribution is 0.399. The standard InChI is InChI=1S/C11H14N2O2/c1-4-5-6-7-9-8-12-13(2)11(14)10(9)15-3/h8H,4-5H2,1-3H3. The second-order valence-electron chi connectivity index (χ2n) is 3.07. The zero-order chi connectivity index (χ0) is 11.3. The number of aryl methyl sites for hydroxylation is 1. The van der Waals surface area contributed by atoms with E-state index < -0.39 is 0 Å². The Morgan fingerprint density at radius 2 is 2.33 bits per heavy atom. The van der Waals surface area contributed by atoms with E-state index in [1.165, 1.54) is 11.8 Å². The topological polar surface area (TPSA) is 44.1 Å². The quantitative estimate of drug-likeness (QED) is 0.676. The molecule has 0 aliphatic carbocycles. The molecule has 1 aromatic heterocycles. The van der Waals surface area contributed by atoms with Gasteiger partial charge in [-0.1, -0.05) is 18.8 Å². The summed E-state index contributed by atoms with van der Waals surface area (Å²) in [5.74, 6) is 6.10. The Morgan fingerprint density at radius 3 is 2.93 bits per heavy atom. The van der Waals surface area contributed by atoms with E-state index in [0.717, 1.165) is 12.8 Å². The predicted octanol–water partition coefficient (Wildman–Crippen LogP) is 0.940. The number of hydrogen-bond acceptors (Lipinski definition) is 3. The number of hydrogen-bond donors (Lipinski definition) is 0. The molecule has 0 fully saturated rings. The fourth-order valence-electron chi connectivity index (χ4n) is 1.09. The molecule has 1 rings (SSSR count). The molecule has 0 unspecified atom stereocenters. The molecule has 0 N–H and O–H groups in total. The number of methoxy groups -OCH3 is 1. The minimum absolute atomic E-state index is 0.260. The summed E-state index contributed by atoms with van der Waals surface area (Å²) in [6.45, 7) is 2.05. The highest BCUT2D eigenvalue weighted by atomic mass is 16.5. The summed E-state index contributed by atoms with van der Waals surface area (Å²) in [5.41, 5.74) is 0.287. The van der Waals surface area contributed by atoms with Gasteiger partial charge in [-0.15, -0.1) is 0 Å². The summed E-state index contributed by atoms with van der Waals surface area (Å²) in [6, 6.07) is 0. The van der Waals surface area contributed by atoms with Crippen molar-refractivity contribution in [3.8, 4) is 17.6 Å². The third-order valence-electron chi connectivity index (χ3n) is 1.90. The summed E-state index contributed by atoms with van der Waals surface area (Å²) < 4.78 is 6.24. The third-order valence-corrected chi connectivity index (χ3v) is 1.90. The SMILES string of the molecule is CCCC#Cc1cnn(C)c(=O)c1OC. The van der Waals surface area contributed by atoms with Gasteiger partial charge in [-0.05, 0) is 6.42 Å². The molecule has 0 aromatic carbocycles. The molecule has 0 aliphatic rings. The zero-order valence-corrected chi connectivity index (χ0v) is 9.20. The first-order valence-corrected chi connectivity index (χ1v) is 4.79. The lowest BCUT2D eigenvalue weighted by atomic mass is 10.2. The van der Waals surface area contributed by atoms with Crippen molar-refractivity contribution in [2.24, 2.45) is 7.05 Å². The normalized spacial score (nSPS) is 9.27. The van der Waals surface area contributed by atoms with Gasteiger partial charge < -0.3 is 4.74 Å². The molecule has 15 heavy (non-hydrogen) atoms. The first-order chi connectivity index (χ1) is 7.20. The smallest absolute Gasteiger partial charge is 0.310 e. The van der Waals surface area contributed by atoms with Crippen LogP contribution in [0.3, 0.4) is 0 Å². The van der Waals surface area contributed by atoms with Crippen molar-refractivity contribution in [3.63, 3.8) is 0 Å². The van der Waals surface area contributed by atoms with Crippen LogP contribution >= 0.6 is 0 Å². The van der Waals surface area contributed by atoms with E-state index in [9.17, 15) is 4.79 Å². The van der Waals surface area contributed by atoms with Gasteiger partial charge in [0.1, 0.15) is 0 Å². The molecule has 1 heterocycles. The Balaban J connectivity index is 3.15. The Kier molecular flexibility index (Phi) is 3.92. The van der Waals surface area contributed by atoms with Crippen LogP contribution in [-0.4, -0.2) is 16.9 Å². The van der Waals surface area contributed by atoms with Crippen molar-refractivity contribution in [1.82, 2.24) is 9.78 Å². The minimum atomic E-state index is -0.263. The highest BCUT2D eigenvalue weighted by Gasteiger charge is 2.07. The van der Waals surface area contributed by atoms with Crippen molar-refractivity contribution in [3.05, 3.63) is 22.1 Å². The van der Waals surface area contributed by atoms with Gasteiger partial charge >= 0.3 is 5.56 Å². The van der Waals surface area contributed by atoms with Gasteiger partial charge in [0, 0.05) is 13.5 Å². The molecule has 0 aliphatic heterocycles. The first-order valence-electron chi connectivity index (χ1n) is 4.79. The average Bonchev–Trinajstić information content (AvgIpc) is 2.24. The van der Waals surface area contributed by atoms with Crippen LogP contribution in [0.15, 0.2) is 11.0 Å². The van der Waals surface area contributed by atoms with Gasteiger partial charge in [0.25, 0.3) is 0 Å². The van der Waals surface area contributed by atoms with Gasteiger partial charge in [0.05, 0.1) is 18.9 Å². The van der Waals surface area contributed by atoms with Gasteiger partial charge in [-0.25, -0.2) is 4.68 Å². The number of rotatable bonds is 2. The average molecular weight is 206 g/mol. The van der Waals surface area contributed by atoms with Crippen LogP contribution in [0.4, 0.5) is 0 Å². The molecule has 4 heteroatoms. The number of unbranched alkanes of at least 4 members (excludes halogenated alkanes) is 1. The van der Waals surface area contributed by atoms with Crippen molar-refractivity contribution >= 4 is 0 Å². The van der Waals surface area contributed by atoms with Gasteiger partial charge in [0.15, 0.2) is 0 Å². The Hall–Kier alpha value is -1.76. The van der Waals surface area contributed by atoms with E-state index in [2.05, 4.69) is 16.9 Å². The lowest BCUT2D eigenvalue weighted by Crippen LogP contribution is -2.21. The van der Waals surface area contributed by atoms with Crippen molar-refractivity contribution in [2.45, 2.75) is 19.8 Å². The first kappa shape index (κ1) is 11.3. The fourth-order valence-corrected chi connectivity index (χ4v) is 1.09. The molecular formula is C11H14N2O2. The van der Waals surface area contributed by atoms with Crippen LogP contribution in [0.25, 0.3) is 0 Å². The van der Waals surface area contributed by atoms with E-state index in [1.54, 1.807) is 13.2 Å². The molecule has 0 radical (unpaired) electrons. The zero-order valence-electron chi connectivity index (χ0n) is 9.20. The molecule has 0 saturated heterocycles. The van der Waals surface area contributed by atoms with Crippen LogP contribution in [0.2, 0.25) is 0 Å². The molecule has 0 amide bonds. The van der Waals surface area contributed by atoms with Crippen LogP contribution < -0.4 is 10.3 Å². The van der Waals surface area contributed by atoms with E-state index in [4.69, 9.17) is 4.74 Å². The van der Waals surface area contributed by atoms with Gasteiger partial charge in [-0.2, -0.15) is 5.10 Å². The summed E-state index contributed by atoms with van der Waals surface area (Å²) in [5, 5.41) is 3.89. The summed E-state index contributed by atoms with van der Waals surface area (Å²) in [6.07, 6.45) is 3.34. The number of nitrogens with zero attached hydrogens (tertiary/aromatic N) is 2. The fraction of sp³-hybridized carbons (Fsp3) is 0.455. The van der Waals surface area contributed by atoms with Crippen molar-refractivity contribution < 1.29 is 4.74 Å². The Bertz CT molecular complexity index is 452. The largest absolute Gasteiger partial charge is 0.490 e. The van der Waals surface area contributed by atoms with Crippen molar-refractivity contribution in [1.29, 1.82) is 0 Å². The minimum Gasteiger partial charge on any atom is -0.490 e. The lowest BCUT2D eigenvalue weighted by Gasteiger charge is -2.03. The van der Waals surface area contributed by atoms with E-state index in [0.29, 0.717) is 5.56 Å². The van der Waals surface area contributed by atoms with Gasteiger partial charge in [-0.3, -0.25) is 4.79 Å². The van der Waals surface area contributed by atoms with Crippen molar-refractivity contribution in [2.75, 3.05) is 7.11 Å². The molecule has 80 valence electrons. The second-order valence-corrected chi connectivity index (χ2v) is 3.07. The maximum Gasteiger partial charge on any atom is 0.310 e. The molecule has 4 nitrogen and oxygen atoms in total. The summed E-state index contributed by atoms with van der Waals surface area (Å²) >= 11 is 0. The second kappa shape index (κ2) is 5.20. The van der Waals surface area contributed by atoms with Crippen LogP contribution in [0, 0.1) is 11.8 Å². The summed E-state index contributed by atoms with van der Waals surface area (Å²) in [4.78, 5) is 11.6. The predicted molar refractivity (Wildman–Crippen MR) is 57.8 cm³/mol.